The van der Waals surface area contributed by atoms with Gasteiger partial charge in [0, 0.05) is 18.6 Å². The molecule has 0 bridgehead atoms. The first kappa shape index (κ1) is 5.15. The fourth-order valence-electron chi connectivity index (χ4n) is 0.623. The fraction of sp³-hybridized carbons (Fsp3) is 0.400. The third kappa shape index (κ3) is 0.992. The lowest BCUT2D eigenvalue weighted by Gasteiger charge is -2.09. The van der Waals surface area contributed by atoms with Crippen LogP contribution >= 0.6 is 0 Å². The smallest absolute Gasteiger partial charge is 0.0871 e. The van der Waals surface area contributed by atoms with Gasteiger partial charge in [0.2, 0.25) is 0 Å². The van der Waals surface area contributed by atoms with Crippen molar-refractivity contribution in [2.45, 2.75) is 0 Å². The van der Waals surface area contributed by atoms with Crippen LogP contribution in [0.25, 0.3) is 0 Å². The van der Waals surface area contributed by atoms with E-state index in [-0.39, 0.29) is 0 Å². The molecule has 0 saturated carbocycles. The van der Waals surface area contributed by atoms with Crippen LogP contribution in [-0.4, -0.2) is 24.3 Å². The largest absolute Gasteiger partial charge is 0.373 e. The summed E-state index contributed by atoms with van der Waals surface area (Å²) in [4.78, 5) is 2.01. The van der Waals surface area contributed by atoms with Gasteiger partial charge in [-0.25, -0.2) is 0 Å². The standard InChI is InChI=1S/C5H9N3/c6-1-3-8-4-2-7-5-8/h1-2,4,6-7H,3,5H2. The zero-order chi connectivity index (χ0) is 5.82. The van der Waals surface area contributed by atoms with Gasteiger partial charge >= 0.3 is 0 Å². The Bertz CT molecular complexity index is 108. The van der Waals surface area contributed by atoms with E-state index < -0.39 is 0 Å². The van der Waals surface area contributed by atoms with Crippen LogP contribution in [0.15, 0.2) is 12.4 Å². The first-order valence-corrected chi connectivity index (χ1v) is 2.56. The molecule has 1 heterocycles. The van der Waals surface area contributed by atoms with E-state index in [0.717, 1.165) is 6.67 Å². The van der Waals surface area contributed by atoms with Crippen molar-refractivity contribution in [2.24, 2.45) is 0 Å². The van der Waals surface area contributed by atoms with Crippen LogP contribution < -0.4 is 5.32 Å². The Morgan fingerprint density at radius 1 is 1.88 bits per heavy atom. The third-order valence-corrected chi connectivity index (χ3v) is 1.02. The van der Waals surface area contributed by atoms with Crippen molar-refractivity contribution in [3.8, 4) is 0 Å². The van der Waals surface area contributed by atoms with E-state index in [1.54, 1.807) is 0 Å². The summed E-state index contributed by atoms with van der Waals surface area (Å²) in [5.41, 5.74) is 0. The zero-order valence-electron chi connectivity index (χ0n) is 4.59. The first-order chi connectivity index (χ1) is 3.93. The van der Waals surface area contributed by atoms with Crippen LogP contribution in [0, 0.1) is 5.41 Å². The maximum atomic E-state index is 6.74. The number of nitrogens with zero attached hydrogens (tertiary/aromatic N) is 1. The van der Waals surface area contributed by atoms with Gasteiger partial charge < -0.3 is 15.6 Å². The Hall–Kier alpha value is -0.990. The number of rotatable bonds is 2. The maximum Gasteiger partial charge on any atom is 0.0871 e. The summed E-state index contributed by atoms with van der Waals surface area (Å²) < 4.78 is 0. The maximum absolute atomic E-state index is 6.74. The molecular weight excluding hydrogens is 102 g/mol. The molecule has 0 aliphatic carbocycles. The minimum atomic E-state index is 0.712. The molecule has 0 amide bonds. The minimum Gasteiger partial charge on any atom is -0.373 e. The van der Waals surface area contributed by atoms with Gasteiger partial charge in [-0.1, -0.05) is 0 Å². The van der Waals surface area contributed by atoms with Crippen molar-refractivity contribution in [1.82, 2.24) is 10.2 Å². The van der Waals surface area contributed by atoms with Crippen LogP contribution in [0.1, 0.15) is 0 Å². The molecule has 0 aromatic carbocycles. The zero-order valence-corrected chi connectivity index (χ0v) is 4.59. The molecule has 0 fully saturated rings. The van der Waals surface area contributed by atoms with E-state index in [1.165, 1.54) is 6.21 Å². The fourth-order valence-corrected chi connectivity index (χ4v) is 0.623. The molecule has 1 aliphatic rings. The minimum absolute atomic E-state index is 0.712. The Morgan fingerprint density at radius 2 is 2.75 bits per heavy atom. The first-order valence-electron chi connectivity index (χ1n) is 2.56. The van der Waals surface area contributed by atoms with Gasteiger partial charge in [0.15, 0.2) is 0 Å². The van der Waals surface area contributed by atoms with Gasteiger partial charge in [0.1, 0.15) is 0 Å². The second kappa shape index (κ2) is 2.35. The number of hydrogen-bond donors (Lipinski definition) is 2. The van der Waals surface area contributed by atoms with Crippen molar-refractivity contribution < 1.29 is 0 Å². The van der Waals surface area contributed by atoms with E-state index in [4.69, 9.17) is 5.41 Å². The van der Waals surface area contributed by atoms with Gasteiger partial charge in [-0.3, -0.25) is 0 Å². The Morgan fingerprint density at radius 3 is 3.25 bits per heavy atom. The van der Waals surface area contributed by atoms with Crippen LogP contribution in [0.3, 0.4) is 0 Å². The van der Waals surface area contributed by atoms with Crippen molar-refractivity contribution in [3.05, 3.63) is 12.4 Å². The molecule has 8 heavy (non-hydrogen) atoms. The molecule has 0 radical (unpaired) electrons. The highest BCUT2D eigenvalue weighted by atomic mass is 15.2. The van der Waals surface area contributed by atoms with Crippen LogP contribution in [0.5, 0.6) is 0 Å². The van der Waals surface area contributed by atoms with E-state index >= 15 is 0 Å². The van der Waals surface area contributed by atoms with Crippen LogP contribution in [0.2, 0.25) is 0 Å². The van der Waals surface area contributed by atoms with E-state index in [0.29, 0.717) is 6.54 Å². The molecule has 0 saturated heterocycles. The highest BCUT2D eigenvalue weighted by molar-refractivity contribution is 5.55. The molecule has 2 N–H and O–H groups in total. The van der Waals surface area contributed by atoms with Crippen LogP contribution in [0.4, 0.5) is 0 Å². The Kier molecular flexibility index (Phi) is 1.51. The van der Waals surface area contributed by atoms with Gasteiger partial charge in [-0.05, 0) is 0 Å². The molecular formula is C5H9N3. The molecule has 3 nitrogen and oxygen atoms in total. The Labute approximate surface area is 48.5 Å². The topological polar surface area (TPSA) is 39.1 Å². The predicted octanol–water partition coefficient (Wildman–Crippen LogP) is -0.0301. The lowest BCUT2D eigenvalue weighted by atomic mass is 10.6. The molecule has 3 heteroatoms. The summed E-state index contributed by atoms with van der Waals surface area (Å²) in [6, 6.07) is 0. The molecule has 0 aromatic heterocycles. The van der Waals surface area contributed by atoms with E-state index in [1.807, 2.05) is 17.3 Å². The highest BCUT2D eigenvalue weighted by Crippen LogP contribution is 1.89. The van der Waals surface area contributed by atoms with E-state index in [9.17, 15) is 0 Å². The summed E-state index contributed by atoms with van der Waals surface area (Å²) in [6.07, 6.45) is 5.20. The third-order valence-electron chi connectivity index (χ3n) is 1.02. The van der Waals surface area contributed by atoms with Crippen molar-refractivity contribution in [3.63, 3.8) is 0 Å². The van der Waals surface area contributed by atoms with E-state index in [2.05, 4.69) is 5.32 Å². The van der Waals surface area contributed by atoms with Crippen molar-refractivity contribution in [1.29, 1.82) is 5.41 Å². The number of hydrogen-bond acceptors (Lipinski definition) is 3. The second-order valence-electron chi connectivity index (χ2n) is 1.65. The van der Waals surface area contributed by atoms with Crippen molar-refractivity contribution in [2.75, 3.05) is 13.2 Å². The lowest BCUT2D eigenvalue weighted by Crippen LogP contribution is -2.21. The molecule has 0 spiro atoms. The summed E-state index contributed by atoms with van der Waals surface area (Å²) in [6.45, 7) is 1.55. The average molecular weight is 111 g/mol. The van der Waals surface area contributed by atoms with Gasteiger partial charge in [-0.2, -0.15) is 0 Å². The molecule has 0 unspecified atom stereocenters. The number of nitrogens with one attached hydrogen (secondary N) is 2. The summed E-state index contributed by atoms with van der Waals surface area (Å²) in [5, 5.41) is 9.74. The highest BCUT2D eigenvalue weighted by Gasteiger charge is 1.97. The quantitative estimate of drug-likeness (QED) is 0.491. The second-order valence-corrected chi connectivity index (χ2v) is 1.65. The normalized spacial score (nSPS) is 16.2. The van der Waals surface area contributed by atoms with Gasteiger partial charge in [0.25, 0.3) is 0 Å². The summed E-state index contributed by atoms with van der Waals surface area (Å²) in [7, 11) is 0. The van der Waals surface area contributed by atoms with Gasteiger partial charge in [0.05, 0.1) is 13.2 Å². The Balaban J connectivity index is 2.25. The van der Waals surface area contributed by atoms with Crippen molar-refractivity contribution >= 4 is 6.21 Å². The average Bonchev–Trinajstić information content (AvgIpc) is 2.19. The SMILES string of the molecule is N=CCN1C=CNC1. The monoisotopic (exact) mass is 111 g/mol. The molecule has 0 aromatic rings. The van der Waals surface area contributed by atoms with Crippen LogP contribution in [-0.2, 0) is 0 Å². The lowest BCUT2D eigenvalue weighted by molar-refractivity contribution is 0.447. The molecule has 0 atom stereocenters. The summed E-state index contributed by atoms with van der Waals surface area (Å²) in [5.74, 6) is 0. The molecule has 1 rings (SSSR count). The molecule has 44 valence electrons. The van der Waals surface area contributed by atoms with Gasteiger partial charge in [-0.15, -0.1) is 0 Å². The summed E-state index contributed by atoms with van der Waals surface area (Å²) >= 11 is 0. The predicted molar refractivity (Wildman–Crippen MR) is 32.6 cm³/mol. The molecule has 1 aliphatic heterocycles.